The Kier molecular flexibility index (Phi) is 12.1. The van der Waals surface area contributed by atoms with Crippen LogP contribution in [0, 0.1) is 17.8 Å². The molecular formula is C24H50N2. The second-order valence-electron chi connectivity index (χ2n) is 9.87. The third-order valence-electron chi connectivity index (χ3n) is 6.39. The van der Waals surface area contributed by atoms with Crippen LogP contribution in [0.25, 0.3) is 0 Å². The highest BCUT2D eigenvalue weighted by atomic mass is 15.2. The Morgan fingerprint density at radius 1 is 0.731 bits per heavy atom. The van der Waals surface area contributed by atoms with Crippen molar-refractivity contribution in [2.24, 2.45) is 17.8 Å². The number of hydrogen-bond acceptors (Lipinski definition) is 2. The molecule has 0 aromatic carbocycles. The highest BCUT2D eigenvalue weighted by Crippen LogP contribution is 2.24. The summed E-state index contributed by atoms with van der Waals surface area (Å²) in [7, 11) is 0. The van der Waals surface area contributed by atoms with Crippen molar-refractivity contribution in [3.05, 3.63) is 0 Å². The van der Waals surface area contributed by atoms with E-state index in [-0.39, 0.29) is 0 Å². The largest absolute Gasteiger partial charge is 0.300 e. The Morgan fingerprint density at radius 3 is 1.58 bits per heavy atom. The molecule has 0 aromatic heterocycles. The van der Waals surface area contributed by atoms with E-state index in [2.05, 4.69) is 58.3 Å². The molecule has 2 atom stereocenters. The first-order valence-corrected chi connectivity index (χ1v) is 11.8. The molecule has 2 heteroatoms. The SMILES string of the molecule is CC(C)CCCN1CCCC1C(C)C.CCCCN1CCCC1C(C)C. The lowest BCUT2D eigenvalue weighted by Crippen LogP contribution is -2.34. The minimum absolute atomic E-state index is 0.844. The van der Waals surface area contributed by atoms with Crippen molar-refractivity contribution in [1.29, 1.82) is 0 Å². The van der Waals surface area contributed by atoms with Gasteiger partial charge in [-0.1, -0.05) is 54.9 Å². The van der Waals surface area contributed by atoms with E-state index < -0.39 is 0 Å². The van der Waals surface area contributed by atoms with Crippen LogP contribution in [0.1, 0.15) is 99.8 Å². The molecule has 2 saturated heterocycles. The summed E-state index contributed by atoms with van der Waals surface area (Å²) < 4.78 is 0. The molecule has 2 aliphatic heterocycles. The predicted molar refractivity (Wildman–Crippen MR) is 118 cm³/mol. The van der Waals surface area contributed by atoms with Crippen LogP contribution in [0.5, 0.6) is 0 Å². The molecule has 0 amide bonds. The minimum Gasteiger partial charge on any atom is -0.300 e. The first kappa shape index (κ1) is 24.0. The third-order valence-corrected chi connectivity index (χ3v) is 6.39. The maximum Gasteiger partial charge on any atom is 0.0119 e. The molecule has 0 saturated carbocycles. The van der Waals surface area contributed by atoms with Gasteiger partial charge in [-0.25, -0.2) is 0 Å². The van der Waals surface area contributed by atoms with E-state index in [0.29, 0.717) is 0 Å². The monoisotopic (exact) mass is 366 g/mol. The molecule has 2 fully saturated rings. The lowest BCUT2D eigenvalue weighted by Gasteiger charge is -2.27. The fraction of sp³-hybridized carbons (Fsp3) is 1.00. The average Bonchev–Trinajstić information content (AvgIpc) is 3.22. The topological polar surface area (TPSA) is 6.48 Å². The van der Waals surface area contributed by atoms with Crippen molar-refractivity contribution in [1.82, 2.24) is 9.80 Å². The molecule has 26 heavy (non-hydrogen) atoms. The number of likely N-dealkylation sites (tertiary alicyclic amines) is 2. The molecule has 0 aromatic rings. The lowest BCUT2D eigenvalue weighted by molar-refractivity contribution is 0.200. The highest BCUT2D eigenvalue weighted by molar-refractivity contribution is 4.82. The molecule has 0 N–H and O–H groups in total. The van der Waals surface area contributed by atoms with Gasteiger partial charge in [0.05, 0.1) is 0 Å². The second kappa shape index (κ2) is 13.2. The maximum absolute atomic E-state index is 2.72. The second-order valence-corrected chi connectivity index (χ2v) is 9.87. The quantitative estimate of drug-likeness (QED) is 0.462. The molecule has 156 valence electrons. The Morgan fingerprint density at radius 2 is 1.19 bits per heavy atom. The van der Waals surface area contributed by atoms with Gasteiger partial charge in [0.25, 0.3) is 0 Å². The van der Waals surface area contributed by atoms with Gasteiger partial charge in [-0.2, -0.15) is 0 Å². The smallest absolute Gasteiger partial charge is 0.0119 e. The summed E-state index contributed by atoms with van der Waals surface area (Å²) in [5, 5.41) is 0. The summed E-state index contributed by atoms with van der Waals surface area (Å²) in [6.07, 6.45) is 11.2. The normalized spacial score (nSPS) is 24.7. The van der Waals surface area contributed by atoms with Gasteiger partial charge >= 0.3 is 0 Å². The highest BCUT2D eigenvalue weighted by Gasteiger charge is 2.26. The fourth-order valence-corrected chi connectivity index (χ4v) is 4.83. The molecule has 0 aliphatic carbocycles. The van der Waals surface area contributed by atoms with Gasteiger partial charge < -0.3 is 9.80 Å². The molecular weight excluding hydrogens is 316 g/mol. The van der Waals surface area contributed by atoms with Crippen LogP contribution in [0.2, 0.25) is 0 Å². The summed E-state index contributed by atoms with van der Waals surface area (Å²) in [4.78, 5) is 5.40. The Hall–Kier alpha value is -0.0800. The van der Waals surface area contributed by atoms with Gasteiger partial charge in [0.15, 0.2) is 0 Å². The number of rotatable bonds is 9. The van der Waals surface area contributed by atoms with Crippen LogP contribution in [-0.2, 0) is 0 Å². The van der Waals surface area contributed by atoms with Crippen molar-refractivity contribution in [2.45, 2.75) is 112 Å². The lowest BCUT2D eigenvalue weighted by atomic mass is 10.0. The predicted octanol–water partition coefficient (Wildman–Crippen LogP) is 6.45. The van der Waals surface area contributed by atoms with E-state index in [1.54, 1.807) is 0 Å². The molecule has 2 nitrogen and oxygen atoms in total. The van der Waals surface area contributed by atoms with E-state index in [9.17, 15) is 0 Å². The van der Waals surface area contributed by atoms with Crippen LogP contribution in [0.4, 0.5) is 0 Å². The Balaban J connectivity index is 0.000000263. The van der Waals surface area contributed by atoms with E-state index >= 15 is 0 Å². The van der Waals surface area contributed by atoms with E-state index in [1.807, 2.05) is 0 Å². The zero-order valence-electron chi connectivity index (χ0n) is 19.3. The molecule has 2 heterocycles. The number of nitrogens with zero attached hydrogens (tertiary/aromatic N) is 2. The van der Waals surface area contributed by atoms with Gasteiger partial charge in [0.1, 0.15) is 0 Å². The Labute approximate surface area is 166 Å². The summed E-state index contributed by atoms with van der Waals surface area (Å²) in [6, 6.07) is 1.76. The van der Waals surface area contributed by atoms with Crippen molar-refractivity contribution < 1.29 is 0 Å². The average molecular weight is 367 g/mol. The van der Waals surface area contributed by atoms with Crippen LogP contribution >= 0.6 is 0 Å². The molecule has 2 unspecified atom stereocenters. The minimum atomic E-state index is 0.844. The standard InChI is InChI=1S/C13H27N.C11H23N/c1-11(2)7-5-9-14-10-6-8-13(14)12(3)4;1-4-5-8-12-9-6-7-11(12)10(2)3/h11-13H,5-10H2,1-4H3;10-11H,4-9H2,1-3H3. The van der Waals surface area contributed by atoms with Gasteiger partial charge in [-0.05, 0) is 88.9 Å². The molecule has 2 rings (SSSR count). The van der Waals surface area contributed by atoms with Crippen molar-refractivity contribution in [3.8, 4) is 0 Å². The van der Waals surface area contributed by atoms with Gasteiger partial charge in [0.2, 0.25) is 0 Å². The van der Waals surface area contributed by atoms with E-state index in [0.717, 1.165) is 29.8 Å². The Bertz CT molecular complexity index is 337. The zero-order valence-corrected chi connectivity index (χ0v) is 19.3. The van der Waals surface area contributed by atoms with Crippen LogP contribution in [0.3, 0.4) is 0 Å². The van der Waals surface area contributed by atoms with E-state index in [4.69, 9.17) is 0 Å². The van der Waals surface area contributed by atoms with Crippen LogP contribution in [-0.4, -0.2) is 48.1 Å². The van der Waals surface area contributed by atoms with Gasteiger partial charge in [-0.3, -0.25) is 0 Å². The molecule has 0 spiro atoms. The summed E-state index contributed by atoms with van der Waals surface area (Å²) in [5.41, 5.74) is 0. The first-order chi connectivity index (χ1) is 12.4. The van der Waals surface area contributed by atoms with Crippen LogP contribution < -0.4 is 0 Å². The maximum atomic E-state index is 2.72. The third kappa shape index (κ3) is 8.74. The van der Waals surface area contributed by atoms with Gasteiger partial charge in [0, 0.05) is 12.1 Å². The van der Waals surface area contributed by atoms with Crippen molar-refractivity contribution in [2.75, 3.05) is 26.2 Å². The van der Waals surface area contributed by atoms with Gasteiger partial charge in [-0.15, -0.1) is 0 Å². The summed E-state index contributed by atoms with van der Waals surface area (Å²) >= 11 is 0. The van der Waals surface area contributed by atoms with Crippen molar-refractivity contribution in [3.63, 3.8) is 0 Å². The summed E-state index contributed by atoms with van der Waals surface area (Å²) in [6.45, 7) is 21.7. The number of unbranched alkanes of at least 4 members (excludes halogenated alkanes) is 1. The van der Waals surface area contributed by atoms with Crippen molar-refractivity contribution >= 4 is 0 Å². The zero-order chi connectivity index (χ0) is 19.5. The number of hydrogen-bond donors (Lipinski definition) is 0. The molecule has 0 bridgehead atoms. The van der Waals surface area contributed by atoms with Crippen LogP contribution in [0.15, 0.2) is 0 Å². The molecule has 0 radical (unpaired) electrons. The summed E-state index contributed by atoms with van der Waals surface area (Å²) in [5.74, 6) is 2.57. The van der Waals surface area contributed by atoms with E-state index in [1.165, 1.54) is 77.5 Å². The molecule has 2 aliphatic rings. The fourth-order valence-electron chi connectivity index (χ4n) is 4.83. The first-order valence-electron chi connectivity index (χ1n) is 11.8.